The smallest absolute Gasteiger partial charge is 0.308 e. The number of carboxylic acids is 1. The summed E-state index contributed by atoms with van der Waals surface area (Å²) < 4.78 is 5.56. The van der Waals surface area contributed by atoms with Crippen LogP contribution in [0.25, 0.3) is 11.5 Å². The molecular formula is C19H19N3O4S. The zero-order valence-electron chi connectivity index (χ0n) is 14.7. The monoisotopic (exact) mass is 385 g/mol. The number of rotatable bonds is 8. The fraction of sp³-hybridized carbons (Fsp3) is 0.263. The van der Waals surface area contributed by atoms with Crippen LogP contribution in [-0.4, -0.2) is 27.2 Å². The lowest BCUT2D eigenvalue weighted by Gasteiger charge is -2.22. The first-order valence-electron chi connectivity index (χ1n) is 8.46. The molecule has 2 atom stereocenters. The summed E-state index contributed by atoms with van der Waals surface area (Å²) in [5.74, 6) is -1.21. The molecule has 0 bridgehead atoms. The number of benzene rings is 1. The van der Waals surface area contributed by atoms with Crippen LogP contribution >= 0.6 is 11.3 Å². The van der Waals surface area contributed by atoms with Crippen molar-refractivity contribution >= 4 is 23.2 Å². The third-order valence-electron chi connectivity index (χ3n) is 4.17. The van der Waals surface area contributed by atoms with Gasteiger partial charge in [-0.15, -0.1) is 10.2 Å². The van der Waals surface area contributed by atoms with E-state index in [0.29, 0.717) is 11.8 Å². The highest BCUT2D eigenvalue weighted by molar-refractivity contribution is 7.08. The van der Waals surface area contributed by atoms with Crippen LogP contribution in [0.3, 0.4) is 0 Å². The molecule has 140 valence electrons. The van der Waals surface area contributed by atoms with Crippen molar-refractivity contribution in [3.63, 3.8) is 0 Å². The second kappa shape index (κ2) is 8.59. The van der Waals surface area contributed by atoms with Crippen LogP contribution in [0.2, 0.25) is 0 Å². The molecule has 27 heavy (non-hydrogen) atoms. The Morgan fingerprint density at radius 2 is 2.00 bits per heavy atom. The van der Waals surface area contributed by atoms with Crippen molar-refractivity contribution in [2.45, 2.75) is 25.8 Å². The maximum absolute atomic E-state index is 12.4. The summed E-state index contributed by atoms with van der Waals surface area (Å²) >= 11 is 1.53. The summed E-state index contributed by atoms with van der Waals surface area (Å²) in [4.78, 5) is 23.8. The Morgan fingerprint density at radius 1 is 1.22 bits per heavy atom. The highest BCUT2D eigenvalue weighted by Gasteiger charge is 2.26. The topological polar surface area (TPSA) is 105 Å². The molecule has 3 aromatic rings. The third-order valence-corrected chi connectivity index (χ3v) is 4.85. The Hall–Kier alpha value is -3.00. The Kier molecular flexibility index (Phi) is 5.97. The van der Waals surface area contributed by atoms with Gasteiger partial charge in [0.2, 0.25) is 17.7 Å². The molecule has 2 heterocycles. The number of carbonyl (C=O) groups excluding carboxylic acids is 1. The van der Waals surface area contributed by atoms with Crippen LogP contribution in [-0.2, 0) is 16.0 Å². The number of nitrogens with one attached hydrogen (secondary N) is 1. The van der Waals surface area contributed by atoms with E-state index in [1.807, 2.05) is 35.0 Å². The molecule has 0 aliphatic carbocycles. The molecule has 0 spiro atoms. The molecule has 0 radical (unpaired) electrons. The van der Waals surface area contributed by atoms with Gasteiger partial charge in [0.15, 0.2) is 0 Å². The molecule has 0 fully saturated rings. The molecule has 2 aromatic heterocycles. The van der Waals surface area contributed by atoms with Gasteiger partial charge in [-0.25, -0.2) is 0 Å². The Labute approximate surface area is 160 Å². The van der Waals surface area contributed by atoms with Crippen LogP contribution in [0.15, 0.2) is 51.6 Å². The molecule has 2 N–H and O–H groups in total. The summed E-state index contributed by atoms with van der Waals surface area (Å²) in [6, 6.07) is 10.3. The molecule has 7 nitrogen and oxygen atoms in total. The zero-order valence-corrected chi connectivity index (χ0v) is 15.5. The SMILES string of the molecule is CC(C(=O)O)C(NC(=O)CCc1nnc(-c2ccsc2)o1)c1ccccc1. The molecule has 0 aliphatic heterocycles. The van der Waals surface area contributed by atoms with E-state index in [2.05, 4.69) is 15.5 Å². The minimum absolute atomic E-state index is 0.126. The number of carboxylic acid groups (broad SMARTS) is 1. The van der Waals surface area contributed by atoms with Gasteiger partial charge in [0.25, 0.3) is 0 Å². The second-order valence-electron chi connectivity index (χ2n) is 6.10. The fourth-order valence-corrected chi connectivity index (χ4v) is 3.25. The van der Waals surface area contributed by atoms with Crippen molar-refractivity contribution in [3.8, 4) is 11.5 Å². The number of hydrogen-bond acceptors (Lipinski definition) is 6. The first kappa shape index (κ1) is 18.8. The van der Waals surface area contributed by atoms with Crippen molar-refractivity contribution in [2.24, 2.45) is 5.92 Å². The highest BCUT2D eigenvalue weighted by Crippen LogP contribution is 2.23. The first-order valence-corrected chi connectivity index (χ1v) is 9.41. The zero-order chi connectivity index (χ0) is 19.2. The van der Waals surface area contributed by atoms with Gasteiger partial charge in [-0.05, 0) is 23.9 Å². The number of hydrogen-bond donors (Lipinski definition) is 2. The van der Waals surface area contributed by atoms with E-state index in [1.165, 1.54) is 11.3 Å². The molecule has 1 amide bonds. The van der Waals surface area contributed by atoms with E-state index >= 15 is 0 Å². The van der Waals surface area contributed by atoms with E-state index < -0.39 is 17.9 Å². The van der Waals surface area contributed by atoms with Gasteiger partial charge in [0, 0.05) is 23.8 Å². The average Bonchev–Trinajstić information content (AvgIpc) is 3.36. The van der Waals surface area contributed by atoms with Gasteiger partial charge in [-0.1, -0.05) is 30.3 Å². The van der Waals surface area contributed by atoms with Crippen LogP contribution in [0.4, 0.5) is 0 Å². The number of aromatic nitrogens is 2. The number of amides is 1. The Morgan fingerprint density at radius 3 is 2.67 bits per heavy atom. The van der Waals surface area contributed by atoms with Crippen molar-refractivity contribution in [1.82, 2.24) is 15.5 Å². The minimum Gasteiger partial charge on any atom is -0.481 e. The van der Waals surface area contributed by atoms with Crippen molar-refractivity contribution in [3.05, 3.63) is 58.6 Å². The van der Waals surface area contributed by atoms with Gasteiger partial charge in [0.1, 0.15) is 0 Å². The number of aryl methyl sites for hydroxylation is 1. The number of thiophene rings is 1. The van der Waals surface area contributed by atoms with Crippen LogP contribution in [0.1, 0.15) is 30.8 Å². The molecule has 2 unspecified atom stereocenters. The van der Waals surface area contributed by atoms with E-state index in [4.69, 9.17) is 4.42 Å². The maximum Gasteiger partial charge on any atom is 0.308 e. The summed E-state index contributed by atoms with van der Waals surface area (Å²) in [5, 5.41) is 23.9. The third kappa shape index (κ3) is 4.79. The Balaban J connectivity index is 1.62. The molecular weight excluding hydrogens is 366 g/mol. The normalized spacial score (nSPS) is 13.1. The van der Waals surface area contributed by atoms with E-state index in [0.717, 1.165) is 11.1 Å². The predicted molar refractivity (Wildman–Crippen MR) is 100 cm³/mol. The number of aliphatic carboxylic acids is 1. The highest BCUT2D eigenvalue weighted by atomic mass is 32.1. The molecule has 0 saturated heterocycles. The fourth-order valence-electron chi connectivity index (χ4n) is 2.62. The molecule has 3 rings (SSSR count). The van der Waals surface area contributed by atoms with Gasteiger partial charge in [-0.2, -0.15) is 11.3 Å². The van der Waals surface area contributed by atoms with E-state index in [1.54, 1.807) is 19.1 Å². The molecule has 0 saturated carbocycles. The van der Waals surface area contributed by atoms with Crippen molar-refractivity contribution < 1.29 is 19.1 Å². The van der Waals surface area contributed by atoms with Crippen molar-refractivity contribution in [1.29, 1.82) is 0 Å². The molecule has 0 aliphatic rings. The lowest BCUT2D eigenvalue weighted by atomic mass is 9.94. The Bertz CT molecular complexity index is 893. The summed E-state index contributed by atoms with van der Waals surface area (Å²) in [6.45, 7) is 1.57. The number of carbonyl (C=O) groups is 2. The minimum atomic E-state index is -0.971. The van der Waals surface area contributed by atoms with Crippen LogP contribution in [0.5, 0.6) is 0 Å². The summed E-state index contributed by atoms with van der Waals surface area (Å²) in [5.41, 5.74) is 1.60. The van der Waals surface area contributed by atoms with Gasteiger partial charge in [0.05, 0.1) is 12.0 Å². The largest absolute Gasteiger partial charge is 0.481 e. The van der Waals surface area contributed by atoms with Crippen molar-refractivity contribution in [2.75, 3.05) is 0 Å². The molecule has 8 heteroatoms. The van der Waals surface area contributed by atoms with E-state index in [9.17, 15) is 14.7 Å². The van der Waals surface area contributed by atoms with Crippen LogP contribution < -0.4 is 5.32 Å². The standard InChI is InChI=1S/C19H19N3O4S/c1-12(19(24)25)17(13-5-3-2-4-6-13)20-15(23)7-8-16-21-22-18(26-16)14-9-10-27-11-14/h2-6,9-12,17H,7-8H2,1H3,(H,20,23)(H,24,25). The van der Waals surface area contributed by atoms with Gasteiger partial charge >= 0.3 is 5.97 Å². The van der Waals surface area contributed by atoms with Gasteiger partial charge < -0.3 is 14.8 Å². The lowest BCUT2D eigenvalue weighted by Crippen LogP contribution is -2.35. The molecule has 1 aromatic carbocycles. The summed E-state index contributed by atoms with van der Waals surface area (Å²) in [7, 11) is 0. The lowest BCUT2D eigenvalue weighted by molar-refractivity contribution is -0.142. The predicted octanol–water partition coefficient (Wildman–Crippen LogP) is 3.31. The summed E-state index contributed by atoms with van der Waals surface area (Å²) in [6.07, 6.45) is 0.410. The average molecular weight is 385 g/mol. The quantitative estimate of drug-likeness (QED) is 0.616. The van der Waals surface area contributed by atoms with E-state index in [-0.39, 0.29) is 18.7 Å². The second-order valence-corrected chi connectivity index (χ2v) is 6.88. The maximum atomic E-state index is 12.4. The first-order chi connectivity index (χ1) is 13.0. The van der Waals surface area contributed by atoms with Gasteiger partial charge in [-0.3, -0.25) is 9.59 Å². The number of nitrogens with zero attached hydrogens (tertiary/aromatic N) is 2. The van der Waals surface area contributed by atoms with Crippen LogP contribution in [0, 0.1) is 5.92 Å².